The number of ether oxygens (including phenoxy) is 3. The van der Waals surface area contributed by atoms with Crippen LogP contribution >= 0.6 is 11.8 Å². The fourth-order valence-corrected chi connectivity index (χ4v) is 5.06. The Labute approximate surface area is 229 Å². The van der Waals surface area contributed by atoms with Gasteiger partial charge in [-0.3, -0.25) is 4.79 Å². The molecule has 0 spiro atoms. The molecular formula is C29H38N2O6S. The second kappa shape index (κ2) is 12.2. The van der Waals surface area contributed by atoms with Gasteiger partial charge in [-0.05, 0) is 63.8 Å². The molecule has 0 fully saturated rings. The third-order valence-electron chi connectivity index (χ3n) is 5.62. The van der Waals surface area contributed by atoms with Crippen LogP contribution in [-0.2, 0) is 23.8 Å². The van der Waals surface area contributed by atoms with Crippen molar-refractivity contribution < 1.29 is 28.6 Å². The highest BCUT2D eigenvalue weighted by Crippen LogP contribution is 2.44. The molecule has 0 aromatic heterocycles. The number of hydrogen-bond donors (Lipinski definition) is 2. The van der Waals surface area contributed by atoms with Crippen LogP contribution in [0.1, 0.15) is 58.6 Å². The Morgan fingerprint density at radius 3 is 1.87 bits per heavy atom. The zero-order valence-corrected chi connectivity index (χ0v) is 23.7. The van der Waals surface area contributed by atoms with E-state index in [0.717, 1.165) is 22.3 Å². The molecule has 2 aromatic carbocycles. The van der Waals surface area contributed by atoms with Gasteiger partial charge in [-0.1, -0.05) is 48.5 Å². The molecule has 1 aliphatic carbocycles. The van der Waals surface area contributed by atoms with Crippen LogP contribution in [0.2, 0.25) is 0 Å². The first-order valence-corrected chi connectivity index (χ1v) is 13.8. The molecule has 0 aliphatic heterocycles. The third-order valence-corrected chi connectivity index (χ3v) is 6.78. The average Bonchev–Trinajstić information content (AvgIpc) is 3.13. The van der Waals surface area contributed by atoms with Crippen molar-refractivity contribution in [2.24, 2.45) is 5.73 Å². The summed E-state index contributed by atoms with van der Waals surface area (Å²) in [6.07, 6.45) is -0.722. The Balaban J connectivity index is 1.61. The second-order valence-corrected chi connectivity index (χ2v) is 12.3. The number of alkyl carbamates (subject to hydrolysis) is 1. The quantitative estimate of drug-likeness (QED) is 0.348. The van der Waals surface area contributed by atoms with Crippen LogP contribution in [0.3, 0.4) is 0 Å². The molecule has 3 N–H and O–H groups in total. The van der Waals surface area contributed by atoms with Gasteiger partial charge in [-0.2, -0.15) is 11.8 Å². The molecule has 9 heteroatoms. The number of carbonyl (C=O) groups excluding carboxylic acids is 3. The molecule has 2 aromatic rings. The number of thioether (sulfide) groups is 1. The molecule has 0 saturated carbocycles. The molecule has 0 heterocycles. The van der Waals surface area contributed by atoms with Gasteiger partial charge < -0.3 is 25.3 Å². The summed E-state index contributed by atoms with van der Waals surface area (Å²) in [6.45, 7) is 10.7. The number of hydrogen-bond acceptors (Lipinski definition) is 8. The fourth-order valence-electron chi connectivity index (χ4n) is 4.08. The lowest BCUT2D eigenvalue weighted by molar-refractivity contribution is -0.157. The Kier molecular flexibility index (Phi) is 9.49. The van der Waals surface area contributed by atoms with Gasteiger partial charge in [-0.15, -0.1) is 0 Å². The molecule has 0 unspecified atom stereocenters. The molecular weight excluding hydrogens is 504 g/mol. The minimum Gasteiger partial charge on any atom is -0.459 e. The summed E-state index contributed by atoms with van der Waals surface area (Å²) in [5.74, 6) is -0.863. The van der Waals surface area contributed by atoms with Crippen molar-refractivity contribution in [1.82, 2.24) is 5.32 Å². The summed E-state index contributed by atoms with van der Waals surface area (Å²) < 4.78 is 16.4. The maximum absolute atomic E-state index is 12.9. The predicted molar refractivity (Wildman–Crippen MR) is 149 cm³/mol. The number of benzene rings is 2. The lowest BCUT2D eigenvalue weighted by Crippen LogP contribution is -2.46. The predicted octanol–water partition coefficient (Wildman–Crippen LogP) is 4.64. The number of amides is 1. The topological polar surface area (TPSA) is 117 Å². The lowest BCUT2D eigenvalue weighted by atomic mass is 9.98. The fraction of sp³-hybridized carbons (Fsp3) is 0.483. The van der Waals surface area contributed by atoms with Crippen LogP contribution in [-0.4, -0.2) is 59.4 Å². The molecule has 2 atom stereocenters. The maximum atomic E-state index is 12.9. The standard InChI is InChI=1S/C29H38N2O6S/c1-28(2,3)36-25(32)23(30)16-38-17-24(26(33)37-29(4,5)6)31-27(34)35-15-22-20-13-9-7-11-18(20)19-12-8-10-14-21(19)22/h7-14,22-24H,15-17,30H2,1-6H3,(H,31,34)/t23-,24-/m0/s1. The van der Waals surface area contributed by atoms with Crippen LogP contribution in [0.5, 0.6) is 0 Å². The highest BCUT2D eigenvalue weighted by atomic mass is 32.2. The molecule has 1 aliphatic rings. The van der Waals surface area contributed by atoms with Crippen molar-refractivity contribution in [2.45, 2.75) is 70.7 Å². The number of nitrogens with one attached hydrogen (secondary N) is 1. The molecule has 206 valence electrons. The monoisotopic (exact) mass is 542 g/mol. The van der Waals surface area contributed by atoms with Gasteiger partial charge in [0.1, 0.15) is 29.9 Å². The van der Waals surface area contributed by atoms with Crippen LogP contribution in [0.4, 0.5) is 4.79 Å². The van der Waals surface area contributed by atoms with Gasteiger partial charge >= 0.3 is 18.0 Å². The van der Waals surface area contributed by atoms with Gasteiger partial charge in [0.15, 0.2) is 0 Å². The SMILES string of the molecule is CC(C)(C)OC(=O)[C@H](CSC[C@H](N)C(=O)OC(C)(C)C)NC(=O)OCC1c2ccccc2-c2ccccc21. The number of rotatable bonds is 9. The number of carbonyl (C=O) groups is 3. The van der Waals surface area contributed by atoms with Crippen LogP contribution < -0.4 is 11.1 Å². The minimum atomic E-state index is -0.985. The molecule has 0 saturated heterocycles. The summed E-state index contributed by atoms with van der Waals surface area (Å²) >= 11 is 1.25. The Morgan fingerprint density at radius 2 is 1.34 bits per heavy atom. The zero-order chi connectivity index (χ0) is 28.1. The van der Waals surface area contributed by atoms with Gasteiger partial charge in [0, 0.05) is 17.4 Å². The van der Waals surface area contributed by atoms with Crippen LogP contribution in [0.25, 0.3) is 11.1 Å². The van der Waals surface area contributed by atoms with E-state index in [1.54, 1.807) is 41.5 Å². The Morgan fingerprint density at radius 1 is 0.842 bits per heavy atom. The van der Waals surface area contributed by atoms with E-state index in [-0.39, 0.29) is 24.0 Å². The van der Waals surface area contributed by atoms with Crippen molar-refractivity contribution in [3.8, 4) is 11.1 Å². The van der Waals surface area contributed by atoms with Crippen LogP contribution in [0.15, 0.2) is 48.5 Å². The summed E-state index contributed by atoms with van der Waals surface area (Å²) in [4.78, 5) is 37.8. The molecule has 0 radical (unpaired) electrons. The third kappa shape index (κ3) is 8.23. The highest BCUT2D eigenvalue weighted by Gasteiger charge is 2.31. The second-order valence-electron chi connectivity index (χ2n) is 11.2. The van der Waals surface area contributed by atoms with Crippen molar-refractivity contribution in [3.63, 3.8) is 0 Å². The smallest absolute Gasteiger partial charge is 0.407 e. The normalized spacial score (nSPS) is 14.6. The summed E-state index contributed by atoms with van der Waals surface area (Å²) in [6, 6.07) is 14.3. The van der Waals surface area contributed by atoms with E-state index in [9.17, 15) is 14.4 Å². The minimum absolute atomic E-state index is 0.102. The number of nitrogens with two attached hydrogens (primary N) is 1. The van der Waals surface area contributed by atoms with E-state index in [0.29, 0.717) is 0 Å². The van der Waals surface area contributed by atoms with Crippen molar-refractivity contribution in [3.05, 3.63) is 59.7 Å². The molecule has 0 bridgehead atoms. The Bertz CT molecular complexity index is 1110. The number of esters is 2. The first kappa shape index (κ1) is 29.5. The van der Waals surface area contributed by atoms with Crippen molar-refractivity contribution in [2.75, 3.05) is 18.1 Å². The van der Waals surface area contributed by atoms with Crippen molar-refractivity contribution in [1.29, 1.82) is 0 Å². The van der Waals surface area contributed by atoms with Crippen molar-refractivity contribution >= 4 is 29.8 Å². The van der Waals surface area contributed by atoms with Crippen LogP contribution in [0, 0.1) is 0 Å². The molecule has 1 amide bonds. The summed E-state index contributed by atoms with van der Waals surface area (Å²) in [5.41, 5.74) is 9.01. The largest absolute Gasteiger partial charge is 0.459 e. The van der Waals surface area contributed by atoms with E-state index in [2.05, 4.69) is 17.4 Å². The van der Waals surface area contributed by atoms with E-state index in [4.69, 9.17) is 19.9 Å². The Hall–Kier alpha value is -3.04. The van der Waals surface area contributed by atoms with E-state index < -0.39 is 41.3 Å². The van der Waals surface area contributed by atoms with E-state index >= 15 is 0 Å². The highest BCUT2D eigenvalue weighted by molar-refractivity contribution is 7.99. The lowest BCUT2D eigenvalue weighted by Gasteiger charge is -2.25. The van der Waals surface area contributed by atoms with Gasteiger partial charge in [0.2, 0.25) is 0 Å². The first-order valence-electron chi connectivity index (χ1n) is 12.7. The number of fused-ring (bicyclic) bond motifs is 3. The van der Waals surface area contributed by atoms with Gasteiger partial charge in [0.05, 0.1) is 0 Å². The molecule has 3 rings (SSSR count). The summed E-state index contributed by atoms with van der Waals surface area (Å²) in [5, 5.41) is 2.64. The van der Waals surface area contributed by atoms with Gasteiger partial charge in [0.25, 0.3) is 0 Å². The molecule has 38 heavy (non-hydrogen) atoms. The van der Waals surface area contributed by atoms with Gasteiger partial charge in [-0.25, -0.2) is 9.59 Å². The average molecular weight is 543 g/mol. The summed E-state index contributed by atoms with van der Waals surface area (Å²) in [7, 11) is 0. The zero-order valence-electron chi connectivity index (χ0n) is 22.9. The van der Waals surface area contributed by atoms with E-state index in [1.807, 2.05) is 36.4 Å². The molecule has 8 nitrogen and oxygen atoms in total. The maximum Gasteiger partial charge on any atom is 0.407 e. The van der Waals surface area contributed by atoms with E-state index in [1.165, 1.54) is 11.8 Å². The first-order chi connectivity index (χ1) is 17.7.